The molecule has 0 radical (unpaired) electrons. The van der Waals surface area contributed by atoms with Crippen LogP contribution in [0.1, 0.15) is 29.1 Å². The normalized spacial score (nSPS) is 16.1. The minimum absolute atomic E-state index is 0.00152. The Kier molecular flexibility index (Phi) is 4.35. The first-order chi connectivity index (χ1) is 13.1. The zero-order valence-electron chi connectivity index (χ0n) is 15.1. The third-order valence-corrected chi connectivity index (χ3v) is 4.70. The average molecular weight is 366 g/mol. The SMILES string of the molecule is COc1cc(F)cc(C(=O)N2Cc3nnc(-c4ccccc4)n3[C@@H](C)C2)c1. The molecule has 1 aliphatic heterocycles. The summed E-state index contributed by atoms with van der Waals surface area (Å²) < 4.78 is 20.9. The molecule has 1 amide bonds. The highest BCUT2D eigenvalue weighted by atomic mass is 19.1. The largest absolute Gasteiger partial charge is 0.497 e. The van der Waals surface area contributed by atoms with Gasteiger partial charge in [-0.15, -0.1) is 10.2 Å². The lowest BCUT2D eigenvalue weighted by atomic mass is 10.1. The van der Waals surface area contributed by atoms with Gasteiger partial charge < -0.3 is 14.2 Å². The second kappa shape index (κ2) is 6.83. The highest BCUT2D eigenvalue weighted by Crippen LogP contribution is 2.28. The molecule has 3 aromatic rings. The molecule has 138 valence electrons. The van der Waals surface area contributed by atoms with Crippen LogP contribution >= 0.6 is 0 Å². The van der Waals surface area contributed by atoms with Crippen LogP contribution in [0.2, 0.25) is 0 Å². The lowest BCUT2D eigenvalue weighted by Gasteiger charge is -2.32. The molecule has 1 aromatic heterocycles. The molecule has 0 bridgehead atoms. The summed E-state index contributed by atoms with van der Waals surface area (Å²) in [7, 11) is 1.44. The van der Waals surface area contributed by atoms with Crippen LogP contribution in [-0.4, -0.2) is 39.2 Å². The summed E-state index contributed by atoms with van der Waals surface area (Å²) >= 11 is 0. The van der Waals surface area contributed by atoms with Crippen molar-refractivity contribution in [3.05, 3.63) is 65.7 Å². The zero-order chi connectivity index (χ0) is 19.0. The molecule has 0 spiro atoms. The number of methoxy groups -OCH3 is 1. The Morgan fingerprint density at radius 2 is 1.96 bits per heavy atom. The number of halogens is 1. The van der Waals surface area contributed by atoms with Gasteiger partial charge in [0.15, 0.2) is 11.6 Å². The summed E-state index contributed by atoms with van der Waals surface area (Å²) in [5.74, 6) is 1.06. The standard InChI is InChI=1S/C20H19FN4O2/c1-13-11-24(20(26)15-8-16(21)10-17(9-15)27-2)12-18-22-23-19(25(13)18)14-6-4-3-5-7-14/h3-10,13H,11-12H2,1-2H3/t13-/m0/s1. The maximum absolute atomic E-state index is 13.8. The van der Waals surface area contributed by atoms with E-state index in [2.05, 4.69) is 14.8 Å². The molecule has 0 fully saturated rings. The van der Waals surface area contributed by atoms with Gasteiger partial charge in [-0.2, -0.15) is 0 Å². The molecular formula is C20H19FN4O2. The number of hydrogen-bond donors (Lipinski definition) is 0. The van der Waals surface area contributed by atoms with Gasteiger partial charge in [0.05, 0.1) is 19.7 Å². The van der Waals surface area contributed by atoms with Crippen LogP contribution in [0.4, 0.5) is 4.39 Å². The first-order valence-corrected chi connectivity index (χ1v) is 8.70. The molecule has 2 heterocycles. The fourth-order valence-electron chi connectivity index (χ4n) is 3.46. The van der Waals surface area contributed by atoms with Crippen molar-refractivity contribution in [1.82, 2.24) is 19.7 Å². The molecule has 1 aliphatic rings. The maximum Gasteiger partial charge on any atom is 0.254 e. The van der Waals surface area contributed by atoms with Crippen LogP contribution in [0.3, 0.4) is 0 Å². The van der Waals surface area contributed by atoms with Gasteiger partial charge in [0.2, 0.25) is 0 Å². The lowest BCUT2D eigenvalue weighted by molar-refractivity contribution is 0.0681. The van der Waals surface area contributed by atoms with Crippen molar-refractivity contribution in [2.45, 2.75) is 19.5 Å². The van der Waals surface area contributed by atoms with Gasteiger partial charge >= 0.3 is 0 Å². The van der Waals surface area contributed by atoms with Crippen molar-refractivity contribution in [2.75, 3.05) is 13.7 Å². The predicted molar refractivity (Wildman–Crippen MR) is 97.9 cm³/mol. The lowest BCUT2D eigenvalue weighted by Crippen LogP contribution is -2.40. The number of carbonyl (C=O) groups excluding carboxylic acids is 1. The maximum atomic E-state index is 13.8. The third kappa shape index (κ3) is 3.16. The van der Waals surface area contributed by atoms with E-state index in [-0.39, 0.29) is 17.5 Å². The molecule has 0 unspecified atom stereocenters. The molecule has 2 aromatic carbocycles. The van der Waals surface area contributed by atoms with Crippen molar-refractivity contribution < 1.29 is 13.9 Å². The van der Waals surface area contributed by atoms with E-state index in [1.807, 2.05) is 37.3 Å². The van der Waals surface area contributed by atoms with E-state index in [1.54, 1.807) is 11.0 Å². The van der Waals surface area contributed by atoms with Crippen LogP contribution in [0.5, 0.6) is 5.75 Å². The monoisotopic (exact) mass is 366 g/mol. The number of ether oxygens (including phenoxy) is 1. The van der Waals surface area contributed by atoms with Crippen LogP contribution in [0.25, 0.3) is 11.4 Å². The van der Waals surface area contributed by atoms with Crippen LogP contribution in [-0.2, 0) is 6.54 Å². The minimum atomic E-state index is -0.503. The number of nitrogens with zero attached hydrogens (tertiary/aromatic N) is 4. The molecule has 7 heteroatoms. The molecule has 1 atom stereocenters. The van der Waals surface area contributed by atoms with Crippen molar-refractivity contribution in [2.24, 2.45) is 0 Å². The van der Waals surface area contributed by atoms with Crippen molar-refractivity contribution in [3.63, 3.8) is 0 Å². The minimum Gasteiger partial charge on any atom is -0.497 e. The van der Waals surface area contributed by atoms with Crippen LogP contribution in [0.15, 0.2) is 48.5 Å². The Hall–Kier alpha value is -3.22. The van der Waals surface area contributed by atoms with Gasteiger partial charge in [0, 0.05) is 23.7 Å². The van der Waals surface area contributed by atoms with E-state index in [4.69, 9.17) is 4.74 Å². The Balaban J connectivity index is 1.64. The average Bonchev–Trinajstić information content (AvgIpc) is 3.12. The van der Waals surface area contributed by atoms with Crippen molar-refractivity contribution >= 4 is 5.91 Å². The summed E-state index contributed by atoms with van der Waals surface area (Å²) in [5, 5.41) is 8.60. The van der Waals surface area contributed by atoms with Gasteiger partial charge in [0.1, 0.15) is 11.6 Å². The second-order valence-corrected chi connectivity index (χ2v) is 6.59. The van der Waals surface area contributed by atoms with Gasteiger partial charge in [-0.3, -0.25) is 4.79 Å². The first kappa shape index (κ1) is 17.2. The Bertz CT molecular complexity index is 987. The summed E-state index contributed by atoms with van der Waals surface area (Å²) in [6, 6.07) is 13.9. The van der Waals surface area contributed by atoms with E-state index >= 15 is 0 Å². The molecule has 27 heavy (non-hydrogen) atoms. The highest BCUT2D eigenvalue weighted by molar-refractivity contribution is 5.94. The number of rotatable bonds is 3. The Morgan fingerprint density at radius 1 is 1.19 bits per heavy atom. The van der Waals surface area contributed by atoms with Gasteiger partial charge in [-0.1, -0.05) is 30.3 Å². The first-order valence-electron chi connectivity index (χ1n) is 8.70. The number of amides is 1. The van der Waals surface area contributed by atoms with E-state index in [0.29, 0.717) is 24.7 Å². The predicted octanol–water partition coefficient (Wildman–Crippen LogP) is 3.31. The fourth-order valence-corrected chi connectivity index (χ4v) is 3.46. The number of aromatic nitrogens is 3. The molecule has 0 N–H and O–H groups in total. The number of hydrogen-bond acceptors (Lipinski definition) is 4. The second-order valence-electron chi connectivity index (χ2n) is 6.59. The van der Waals surface area contributed by atoms with Crippen molar-refractivity contribution in [1.29, 1.82) is 0 Å². The molecule has 6 nitrogen and oxygen atoms in total. The number of carbonyl (C=O) groups is 1. The molecule has 0 aliphatic carbocycles. The van der Waals surface area contributed by atoms with Gasteiger partial charge in [-0.25, -0.2) is 4.39 Å². The highest BCUT2D eigenvalue weighted by Gasteiger charge is 2.30. The molecule has 0 saturated carbocycles. The van der Waals surface area contributed by atoms with Crippen LogP contribution in [0, 0.1) is 5.82 Å². The summed E-state index contributed by atoms with van der Waals surface area (Å²) in [5.41, 5.74) is 1.24. The topological polar surface area (TPSA) is 60.2 Å². The zero-order valence-corrected chi connectivity index (χ0v) is 15.1. The Morgan fingerprint density at radius 3 is 2.70 bits per heavy atom. The quantitative estimate of drug-likeness (QED) is 0.714. The van der Waals surface area contributed by atoms with E-state index in [1.165, 1.54) is 19.2 Å². The fraction of sp³-hybridized carbons (Fsp3) is 0.250. The van der Waals surface area contributed by atoms with E-state index < -0.39 is 5.82 Å². The summed E-state index contributed by atoms with van der Waals surface area (Å²) in [4.78, 5) is 14.6. The van der Waals surface area contributed by atoms with Gasteiger partial charge in [-0.05, 0) is 19.1 Å². The number of fused-ring (bicyclic) bond motifs is 1. The molecule has 0 saturated heterocycles. The third-order valence-electron chi connectivity index (χ3n) is 4.70. The van der Waals surface area contributed by atoms with E-state index in [9.17, 15) is 9.18 Å². The van der Waals surface area contributed by atoms with E-state index in [0.717, 1.165) is 11.4 Å². The summed E-state index contributed by atoms with van der Waals surface area (Å²) in [6.07, 6.45) is 0. The smallest absolute Gasteiger partial charge is 0.254 e. The molecule has 4 rings (SSSR count). The Labute approximate surface area is 156 Å². The van der Waals surface area contributed by atoms with Gasteiger partial charge in [0.25, 0.3) is 5.91 Å². The number of benzene rings is 2. The summed E-state index contributed by atoms with van der Waals surface area (Å²) in [6.45, 7) is 2.83. The molecular weight excluding hydrogens is 347 g/mol. The van der Waals surface area contributed by atoms with Crippen molar-refractivity contribution in [3.8, 4) is 17.1 Å². The van der Waals surface area contributed by atoms with Crippen LogP contribution < -0.4 is 4.74 Å².